The molecule has 0 aliphatic carbocycles. The molecule has 2 aromatic rings. The molecule has 0 saturated heterocycles. The van der Waals surface area contributed by atoms with Crippen molar-refractivity contribution in [3.63, 3.8) is 0 Å². The number of aromatic nitrogens is 4. The molecule has 2 rings (SSSR count). The lowest BCUT2D eigenvalue weighted by atomic mass is 9.86. The van der Waals surface area contributed by atoms with Gasteiger partial charge in [0.1, 0.15) is 12.0 Å². The second-order valence-corrected chi connectivity index (χ2v) is 7.58. The zero-order valence-corrected chi connectivity index (χ0v) is 13.7. The molecular formula is C15H25N5O. The predicted molar refractivity (Wildman–Crippen MR) is 80.7 cm³/mol. The minimum absolute atomic E-state index is 0.0475. The molecule has 0 radical (unpaired) electrons. The number of nitrogens with two attached hydrogens (primary N) is 1. The highest BCUT2D eigenvalue weighted by Crippen LogP contribution is 2.28. The van der Waals surface area contributed by atoms with Crippen molar-refractivity contribution in [1.82, 2.24) is 20.0 Å². The molecule has 6 heteroatoms. The second kappa shape index (κ2) is 5.26. The van der Waals surface area contributed by atoms with Crippen molar-refractivity contribution in [1.29, 1.82) is 0 Å². The SMILES string of the molecule is CC(C)(C)c1nc(Cn2cc(C(N)C(C)(C)C)nn2)co1. The Morgan fingerprint density at radius 1 is 1.24 bits per heavy atom. The quantitative estimate of drug-likeness (QED) is 0.940. The van der Waals surface area contributed by atoms with E-state index in [2.05, 4.69) is 56.8 Å². The van der Waals surface area contributed by atoms with Crippen LogP contribution in [0.25, 0.3) is 0 Å². The average molecular weight is 291 g/mol. The lowest BCUT2D eigenvalue weighted by Gasteiger charge is -2.24. The molecule has 0 bridgehead atoms. The Morgan fingerprint density at radius 2 is 1.90 bits per heavy atom. The van der Waals surface area contributed by atoms with Gasteiger partial charge in [0.05, 0.1) is 24.5 Å². The largest absolute Gasteiger partial charge is 0.448 e. The van der Waals surface area contributed by atoms with Crippen molar-refractivity contribution >= 4 is 0 Å². The van der Waals surface area contributed by atoms with Gasteiger partial charge in [-0.05, 0) is 5.41 Å². The second-order valence-electron chi connectivity index (χ2n) is 7.58. The fraction of sp³-hybridized carbons (Fsp3) is 0.667. The van der Waals surface area contributed by atoms with Crippen molar-refractivity contribution in [2.24, 2.45) is 11.1 Å². The van der Waals surface area contributed by atoms with Crippen LogP contribution in [0.4, 0.5) is 0 Å². The third-order valence-electron chi connectivity index (χ3n) is 3.33. The summed E-state index contributed by atoms with van der Waals surface area (Å²) in [6.45, 7) is 13.0. The molecule has 1 atom stereocenters. The highest BCUT2D eigenvalue weighted by molar-refractivity contribution is 5.07. The van der Waals surface area contributed by atoms with Crippen LogP contribution in [0.5, 0.6) is 0 Å². The third kappa shape index (κ3) is 3.69. The van der Waals surface area contributed by atoms with E-state index in [-0.39, 0.29) is 16.9 Å². The maximum absolute atomic E-state index is 6.19. The molecule has 0 saturated carbocycles. The van der Waals surface area contributed by atoms with Crippen molar-refractivity contribution in [3.05, 3.63) is 29.7 Å². The van der Waals surface area contributed by atoms with E-state index in [1.165, 1.54) is 0 Å². The molecule has 0 fully saturated rings. The molecule has 1 unspecified atom stereocenters. The van der Waals surface area contributed by atoms with E-state index in [9.17, 15) is 0 Å². The van der Waals surface area contributed by atoms with Gasteiger partial charge in [-0.3, -0.25) is 0 Å². The molecule has 0 aliphatic rings. The minimum Gasteiger partial charge on any atom is -0.448 e. The number of hydrogen-bond acceptors (Lipinski definition) is 5. The van der Waals surface area contributed by atoms with Gasteiger partial charge in [-0.25, -0.2) is 9.67 Å². The number of nitrogens with zero attached hydrogens (tertiary/aromatic N) is 4. The number of hydrogen-bond donors (Lipinski definition) is 1. The van der Waals surface area contributed by atoms with Gasteiger partial charge in [-0.1, -0.05) is 46.8 Å². The molecule has 2 aromatic heterocycles. The summed E-state index contributed by atoms with van der Waals surface area (Å²) in [5.74, 6) is 0.726. The van der Waals surface area contributed by atoms with Gasteiger partial charge >= 0.3 is 0 Å². The van der Waals surface area contributed by atoms with E-state index < -0.39 is 0 Å². The first kappa shape index (κ1) is 15.7. The number of rotatable bonds is 3. The zero-order chi connectivity index (χ0) is 15.8. The molecule has 2 N–H and O–H groups in total. The predicted octanol–water partition coefficient (Wildman–Crippen LogP) is 2.66. The van der Waals surface area contributed by atoms with Gasteiger partial charge in [0.15, 0.2) is 5.89 Å². The summed E-state index contributed by atoms with van der Waals surface area (Å²) in [7, 11) is 0. The van der Waals surface area contributed by atoms with Crippen LogP contribution in [0.15, 0.2) is 16.9 Å². The van der Waals surface area contributed by atoms with Crippen molar-refractivity contribution in [2.45, 2.75) is 59.5 Å². The van der Waals surface area contributed by atoms with Crippen LogP contribution >= 0.6 is 0 Å². The molecule has 6 nitrogen and oxygen atoms in total. The van der Waals surface area contributed by atoms with Gasteiger partial charge in [-0.2, -0.15) is 0 Å². The fourth-order valence-corrected chi connectivity index (χ4v) is 1.87. The first-order valence-electron chi connectivity index (χ1n) is 7.18. The Labute approximate surface area is 125 Å². The number of oxazole rings is 1. The van der Waals surface area contributed by atoms with Gasteiger partial charge in [0.2, 0.25) is 0 Å². The van der Waals surface area contributed by atoms with Gasteiger partial charge < -0.3 is 10.2 Å². The molecule has 0 amide bonds. The van der Waals surface area contributed by atoms with Gasteiger partial charge in [0.25, 0.3) is 0 Å². The Morgan fingerprint density at radius 3 is 2.43 bits per heavy atom. The molecule has 0 spiro atoms. The van der Waals surface area contributed by atoms with Crippen LogP contribution in [0.3, 0.4) is 0 Å². The Hall–Kier alpha value is -1.69. The first-order valence-corrected chi connectivity index (χ1v) is 7.18. The smallest absolute Gasteiger partial charge is 0.199 e. The van der Waals surface area contributed by atoms with Crippen LogP contribution in [-0.2, 0) is 12.0 Å². The van der Waals surface area contributed by atoms with Crippen LogP contribution in [-0.4, -0.2) is 20.0 Å². The monoisotopic (exact) mass is 291 g/mol. The lowest BCUT2D eigenvalue weighted by Crippen LogP contribution is -2.26. The maximum Gasteiger partial charge on any atom is 0.199 e. The third-order valence-corrected chi connectivity index (χ3v) is 3.33. The molecule has 2 heterocycles. The van der Waals surface area contributed by atoms with Crippen molar-refractivity contribution < 1.29 is 4.42 Å². The van der Waals surface area contributed by atoms with Crippen LogP contribution in [0.2, 0.25) is 0 Å². The van der Waals surface area contributed by atoms with Crippen LogP contribution in [0.1, 0.15) is 64.9 Å². The Kier molecular flexibility index (Phi) is 3.93. The fourth-order valence-electron chi connectivity index (χ4n) is 1.87. The van der Waals surface area contributed by atoms with Crippen molar-refractivity contribution in [2.75, 3.05) is 0 Å². The van der Waals surface area contributed by atoms with E-state index in [1.54, 1.807) is 10.9 Å². The van der Waals surface area contributed by atoms with Crippen molar-refractivity contribution in [3.8, 4) is 0 Å². The highest BCUT2D eigenvalue weighted by atomic mass is 16.3. The van der Waals surface area contributed by atoms with Crippen LogP contribution < -0.4 is 5.73 Å². The average Bonchev–Trinajstić information content (AvgIpc) is 2.95. The summed E-state index contributed by atoms with van der Waals surface area (Å²) in [6.07, 6.45) is 3.55. The summed E-state index contributed by atoms with van der Waals surface area (Å²) >= 11 is 0. The summed E-state index contributed by atoms with van der Waals surface area (Å²) in [6, 6.07) is -0.145. The topological polar surface area (TPSA) is 82.8 Å². The van der Waals surface area contributed by atoms with E-state index in [0.717, 1.165) is 17.3 Å². The summed E-state index contributed by atoms with van der Waals surface area (Å²) in [5.41, 5.74) is 7.67. The summed E-state index contributed by atoms with van der Waals surface area (Å²) < 4.78 is 7.25. The standard InChI is InChI=1S/C15H25N5O/c1-14(2,3)12(16)11-8-20(19-18-11)7-10-9-21-13(17-10)15(4,5)6/h8-9,12H,7,16H2,1-6H3. The first-order chi connectivity index (χ1) is 9.57. The maximum atomic E-state index is 6.19. The van der Waals surface area contributed by atoms with Crippen LogP contribution in [0, 0.1) is 5.41 Å². The molecule has 116 valence electrons. The summed E-state index contributed by atoms with van der Waals surface area (Å²) in [4.78, 5) is 4.49. The zero-order valence-electron chi connectivity index (χ0n) is 13.7. The lowest BCUT2D eigenvalue weighted by molar-refractivity contribution is 0.321. The molecular weight excluding hydrogens is 266 g/mol. The Balaban J connectivity index is 2.11. The van der Waals surface area contributed by atoms with E-state index in [0.29, 0.717) is 6.54 Å². The highest BCUT2D eigenvalue weighted by Gasteiger charge is 2.25. The Bertz CT molecular complexity index is 600. The molecule has 21 heavy (non-hydrogen) atoms. The van der Waals surface area contributed by atoms with Gasteiger partial charge in [0, 0.05) is 5.41 Å². The van der Waals surface area contributed by atoms with E-state index in [4.69, 9.17) is 10.2 Å². The normalized spacial score (nSPS) is 14.4. The minimum atomic E-state index is -0.145. The molecule has 0 aromatic carbocycles. The van der Waals surface area contributed by atoms with Gasteiger partial charge in [-0.15, -0.1) is 5.10 Å². The summed E-state index contributed by atoms with van der Waals surface area (Å²) in [5, 5.41) is 8.29. The van der Waals surface area contributed by atoms with E-state index >= 15 is 0 Å². The molecule has 0 aliphatic heterocycles. The van der Waals surface area contributed by atoms with E-state index in [1.807, 2.05) is 6.20 Å².